The molecule has 0 fully saturated rings. The Morgan fingerprint density at radius 1 is 1.36 bits per heavy atom. The van der Waals surface area contributed by atoms with Crippen LogP contribution in [-0.4, -0.2) is 26.9 Å². The Hall–Kier alpha value is -0.455. The molecule has 0 atom stereocenters. The molecule has 0 aromatic heterocycles. The van der Waals surface area contributed by atoms with Crippen LogP contribution in [0.25, 0.3) is 0 Å². The zero-order valence-corrected chi connectivity index (χ0v) is 6.24. The Labute approximate surface area is 62.1 Å². The van der Waals surface area contributed by atoms with Crippen LogP contribution in [0.15, 0.2) is 11.5 Å². The lowest BCUT2D eigenvalue weighted by molar-refractivity contribution is 0.490. The minimum atomic E-state index is -5.09. The van der Waals surface area contributed by atoms with Crippen molar-refractivity contribution < 1.29 is 21.4 Å². The van der Waals surface area contributed by atoms with Gasteiger partial charge in [-0.25, -0.2) is 8.42 Å². The third-order valence-corrected chi connectivity index (χ3v) is 2.85. The summed E-state index contributed by atoms with van der Waals surface area (Å²) in [4.78, 5) is 0. The van der Waals surface area contributed by atoms with Crippen LogP contribution in [0.5, 0.6) is 0 Å². The van der Waals surface area contributed by atoms with E-state index >= 15 is 0 Å². The van der Waals surface area contributed by atoms with Gasteiger partial charge in [0.2, 0.25) is 0 Å². The van der Waals surface area contributed by atoms with Gasteiger partial charge in [0.05, 0.1) is 5.75 Å². The van der Waals surface area contributed by atoms with E-state index in [1.807, 2.05) is 0 Å². The largest absolute Gasteiger partial charge is 0.506 e. The summed E-state index contributed by atoms with van der Waals surface area (Å²) in [5, 5.41) is 0. The summed E-state index contributed by atoms with van der Waals surface area (Å²) >= 11 is 0. The van der Waals surface area contributed by atoms with Crippen LogP contribution in [0, 0.1) is 0 Å². The van der Waals surface area contributed by atoms with Crippen LogP contribution in [0.3, 0.4) is 0 Å². The predicted molar refractivity (Wildman–Crippen MR) is 35.8 cm³/mol. The molecule has 0 spiro atoms. The standard InChI is InChI=1S/C4H5BF3O2S/c6-5(7,8)4-1-2-11(9,10)3-4/h1H,2-3H2/q-1. The van der Waals surface area contributed by atoms with E-state index in [4.69, 9.17) is 0 Å². The van der Waals surface area contributed by atoms with Gasteiger partial charge in [-0.2, -0.15) is 0 Å². The highest BCUT2D eigenvalue weighted by molar-refractivity contribution is 7.92. The molecule has 0 aromatic carbocycles. The van der Waals surface area contributed by atoms with E-state index in [-0.39, 0.29) is 0 Å². The van der Waals surface area contributed by atoms with Crippen molar-refractivity contribution in [3.63, 3.8) is 0 Å². The van der Waals surface area contributed by atoms with Crippen molar-refractivity contribution in [2.24, 2.45) is 0 Å². The lowest BCUT2D eigenvalue weighted by Gasteiger charge is -2.13. The fraction of sp³-hybridized carbons (Fsp3) is 0.500. The minimum Gasteiger partial charge on any atom is -0.445 e. The number of rotatable bonds is 1. The highest BCUT2D eigenvalue weighted by Gasteiger charge is 2.34. The molecule has 2 nitrogen and oxygen atoms in total. The van der Waals surface area contributed by atoms with Crippen LogP contribution in [0.2, 0.25) is 0 Å². The first kappa shape index (κ1) is 8.64. The quantitative estimate of drug-likeness (QED) is 0.564. The maximum Gasteiger partial charge on any atom is 0.506 e. The van der Waals surface area contributed by atoms with E-state index in [9.17, 15) is 21.4 Å². The molecule has 0 amide bonds. The summed E-state index contributed by atoms with van der Waals surface area (Å²) in [6.45, 7) is -5.09. The van der Waals surface area contributed by atoms with Gasteiger partial charge in [-0.15, -0.1) is 5.47 Å². The second-order valence-corrected chi connectivity index (χ2v) is 4.52. The molecule has 1 aliphatic heterocycles. The highest BCUT2D eigenvalue weighted by atomic mass is 32.2. The summed E-state index contributed by atoms with van der Waals surface area (Å²) in [5.74, 6) is -1.31. The highest BCUT2D eigenvalue weighted by Crippen LogP contribution is 2.25. The molecule has 1 aliphatic rings. The normalized spacial score (nSPS) is 23.4. The molecule has 64 valence electrons. The van der Waals surface area contributed by atoms with E-state index in [2.05, 4.69) is 0 Å². The average molecular weight is 185 g/mol. The number of hydrogen-bond acceptors (Lipinski definition) is 2. The van der Waals surface area contributed by atoms with Crippen molar-refractivity contribution in [1.29, 1.82) is 0 Å². The molecule has 0 aliphatic carbocycles. The summed E-state index contributed by atoms with van der Waals surface area (Å²) in [7, 11) is -3.48. The lowest BCUT2D eigenvalue weighted by atomic mass is 9.80. The van der Waals surface area contributed by atoms with Gasteiger partial charge in [-0.3, -0.25) is 0 Å². The Kier molecular flexibility index (Phi) is 1.78. The molecule has 0 aromatic rings. The fourth-order valence-electron chi connectivity index (χ4n) is 0.834. The second kappa shape index (κ2) is 2.26. The SMILES string of the molecule is O=S1(=O)CC=C([B-](F)(F)F)C1. The molecular weight excluding hydrogens is 180 g/mol. The second-order valence-electron chi connectivity index (χ2n) is 2.41. The first-order valence-electron chi connectivity index (χ1n) is 2.90. The molecule has 1 heterocycles. The van der Waals surface area contributed by atoms with Crippen molar-refractivity contribution >= 4 is 16.8 Å². The molecule has 0 N–H and O–H groups in total. The maximum atomic E-state index is 11.8. The van der Waals surface area contributed by atoms with Crippen LogP contribution in [0.4, 0.5) is 12.9 Å². The molecule has 0 saturated heterocycles. The summed E-state index contributed by atoms with van der Waals surface area (Å²) in [6.07, 6.45) is 0.745. The zero-order valence-electron chi connectivity index (χ0n) is 5.43. The molecule has 0 radical (unpaired) electrons. The Bertz CT molecular complexity index is 289. The fourth-order valence-corrected chi connectivity index (χ4v) is 2.23. The predicted octanol–water partition coefficient (Wildman–Crippen LogP) is 0.728. The van der Waals surface area contributed by atoms with E-state index in [1.54, 1.807) is 0 Å². The Balaban J connectivity index is 2.84. The molecule has 1 rings (SSSR count). The maximum absolute atomic E-state index is 11.8. The van der Waals surface area contributed by atoms with Crippen LogP contribution >= 0.6 is 0 Å². The van der Waals surface area contributed by atoms with Gasteiger partial charge in [0.25, 0.3) is 0 Å². The molecule has 0 bridgehead atoms. The number of sulfone groups is 1. The smallest absolute Gasteiger partial charge is 0.445 e. The molecule has 11 heavy (non-hydrogen) atoms. The Morgan fingerprint density at radius 3 is 2.09 bits per heavy atom. The first-order valence-corrected chi connectivity index (χ1v) is 4.73. The Morgan fingerprint density at radius 2 is 1.91 bits per heavy atom. The van der Waals surface area contributed by atoms with E-state index in [0.29, 0.717) is 0 Å². The van der Waals surface area contributed by atoms with Crippen molar-refractivity contribution in [2.75, 3.05) is 11.5 Å². The van der Waals surface area contributed by atoms with Gasteiger partial charge >= 0.3 is 6.98 Å². The van der Waals surface area contributed by atoms with E-state index < -0.39 is 33.8 Å². The molecule has 7 heteroatoms. The lowest BCUT2D eigenvalue weighted by Crippen LogP contribution is -2.21. The monoisotopic (exact) mass is 185 g/mol. The summed E-state index contributed by atoms with van der Waals surface area (Å²) in [5.41, 5.74) is -0.884. The van der Waals surface area contributed by atoms with Gasteiger partial charge < -0.3 is 12.9 Å². The summed E-state index contributed by atoms with van der Waals surface area (Å²) < 4.78 is 56.6. The van der Waals surface area contributed by atoms with Gasteiger partial charge in [-0.05, 0) is 0 Å². The van der Waals surface area contributed by atoms with Crippen LogP contribution in [0.1, 0.15) is 0 Å². The average Bonchev–Trinajstić information content (AvgIpc) is 2.07. The first-order chi connectivity index (χ1) is 4.81. The third-order valence-electron chi connectivity index (χ3n) is 1.41. The molecule has 0 saturated carbocycles. The third kappa shape index (κ3) is 1.98. The van der Waals surface area contributed by atoms with Crippen molar-refractivity contribution in [2.45, 2.75) is 0 Å². The number of halogens is 3. The molecule has 0 unspecified atom stereocenters. The zero-order chi connectivity index (χ0) is 8.70. The molecular formula is C4H5BF3O2S-. The number of hydrogen-bond donors (Lipinski definition) is 0. The topological polar surface area (TPSA) is 34.1 Å². The van der Waals surface area contributed by atoms with Crippen LogP contribution in [-0.2, 0) is 9.84 Å². The van der Waals surface area contributed by atoms with Crippen LogP contribution < -0.4 is 0 Å². The van der Waals surface area contributed by atoms with Gasteiger partial charge in [0, 0.05) is 5.75 Å². The van der Waals surface area contributed by atoms with Gasteiger partial charge in [-0.1, -0.05) is 6.08 Å². The van der Waals surface area contributed by atoms with E-state index in [0.717, 1.165) is 6.08 Å². The van der Waals surface area contributed by atoms with Gasteiger partial charge in [0.15, 0.2) is 9.84 Å². The van der Waals surface area contributed by atoms with Crippen molar-refractivity contribution in [1.82, 2.24) is 0 Å². The summed E-state index contributed by atoms with van der Waals surface area (Å²) in [6, 6.07) is 0. The minimum absolute atomic E-state index is 0.469. The van der Waals surface area contributed by atoms with E-state index in [1.165, 1.54) is 0 Å². The van der Waals surface area contributed by atoms with Crippen molar-refractivity contribution in [3.05, 3.63) is 11.5 Å². The van der Waals surface area contributed by atoms with Gasteiger partial charge in [0.1, 0.15) is 0 Å². The van der Waals surface area contributed by atoms with Crippen molar-refractivity contribution in [3.8, 4) is 0 Å².